The van der Waals surface area contributed by atoms with Crippen LogP contribution in [0.5, 0.6) is 11.5 Å². The minimum absolute atomic E-state index is 0.0664. The van der Waals surface area contributed by atoms with E-state index in [0.717, 1.165) is 0 Å². The van der Waals surface area contributed by atoms with E-state index in [-0.39, 0.29) is 36.9 Å². The molecule has 1 aliphatic rings. The van der Waals surface area contributed by atoms with Crippen molar-refractivity contribution in [1.29, 1.82) is 0 Å². The highest BCUT2D eigenvalue weighted by atomic mass is 16.7. The SMILES string of the molecule is COC(=O)c1coc(CN(C(=O)c2ccc3c(c2)OCO3)C(C)C)n1. The van der Waals surface area contributed by atoms with Gasteiger partial charge in [-0.2, -0.15) is 0 Å². The van der Waals surface area contributed by atoms with Crippen LogP contribution in [0.1, 0.15) is 40.6 Å². The van der Waals surface area contributed by atoms with E-state index >= 15 is 0 Å². The Bertz CT molecular complexity index is 798. The van der Waals surface area contributed by atoms with Crippen LogP contribution >= 0.6 is 0 Å². The maximum Gasteiger partial charge on any atom is 0.360 e. The Balaban J connectivity index is 1.80. The summed E-state index contributed by atoms with van der Waals surface area (Å²) in [7, 11) is 1.26. The molecule has 1 aliphatic heterocycles. The molecule has 1 amide bonds. The fourth-order valence-electron chi connectivity index (χ4n) is 2.41. The number of methoxy groups -OCH3 is 1. The highest BCUT2D eigenvalue weighted by Crippen LogP contribution is 2.33. The van der Waals surface area contributed by atoms with Gasteiger partial charge in [0.05, 0.1) is 13.7 Å². The zero-order chi connectivity index (χ0) is 18.0. The van der Waals surface area contributed by atoms with E-state index in [1.807, 2.05) is 13.8 Å². The smallest absolute Gasteiger partial charge is 0.360 e. The standard InChI is InChI=1S/C17H18N2O6/c1-10(2)19(7-15-18-12(8-23-15)17(21)22-3)16(20)11-4-5-13-14(6-11)25-9-24-13/h4-6,8,10H,7,9H2,1-3H3. The van der Waals surface area contributed by atoms with E-state index in [1.54, 1.807) is 23.1 Å². The van der Waals surface area contributed by atoms with Gasteiger partial charge < -0.3 is 23.5 Å². The summed E-state index contributed by atoms with van der Waals surface area (Å²) in [6.07, 6.45) is 1.21. The molecule has 0 saturated carbocycles. The maximum absolute atomic E-state index is 12.9. The highest BCUT2D eigenvalue weighted by Gasteiger charge is 2.24. The van der Waals surface area contributed by atoms with Crippen molar-refractivity contribution in [1.82, 2.24) is 9.88 Å². The molecule has 0 atom stereocenters. The molecule has 0 aliphatic carbocycles. The molecule has 1 aromatic carbocycles. The van der Waals surface area contributed by atoms with Crippen molar-refractivity contribution in [3.63, 3.8) is 0 Å². The normalized spacial score (nSPS) is 12.3. The van der Waals surface area contributed by atoms with Crippen LogP contribution in [0.3, 0.4) is 0 Å². The Morgan fingerprint density at radius 3 is 2.76 bits per heavy atom. The molecule has 3 rings (SSSR count). The van der Waals surface area contributed by atoms with Crippen LogP contribution in [0.4, 0.5) is 0 Å². The van der Waals surface area contributed by atoms with Crippen molar-refractivity contribution >= 4 is 11.9 Å². The van der Waals surface area contributed by atoms with E-state index < -0.39 is 5.97 Å². The molecule has 25 heavy (non-hydrogen) atoms. The number of benzene rings is 1. The molecule has 0 unspecified atom stereocenters. The third-order valence-electron chi connectivity index (χ3n) is 3.76. The van der Waals surface area contributed by atoms with Gasteiger partial charge in [-0.1, -0.05) is 0 Å². The van der Waals surface area contributed by atoms with Gasteiger partial charge in [0.1, 0.15) is 6.26 Å². The number of ether oxygens (including phenoxy) is 3. The lowest BCUT2D eigenvalue weighted by Gasteiger charge is -2.25. The van der Waals surface area contributed by atoms with Crippen LogP contribution in [0.25, 0.3) is 0 Å². The number of hydrogen-bond donors (Lipinski definition) is 0. The van der Waals surface area contributed by atoms with Crippen molar-refractivity contribution < 1.29 is 28.2 Å². The Morgan fingerprint density at radius 1 is 1.28 bits per heavy atom. The fraction of sp³-hybridized carbons (Fsp3) is 0.353. The zero-order valence-electron chi connectivity index (χ0n) is 14.1. The van der Waals surface area contributed by atoms with Gasteiger partial charge in [-0.25, -0.2) is 9.78 Å². The number of aromatic nitrogens is 1. The molecule has 0 fully saturated rings. The Kier molecular flexibility index (Phi) is 4.60. The molecular weight excluding hydrogens is 328 g/mol. The van der Waals surface area contributed by atoms with Gasteiger partial charge in [0.15, 0.2) is 17.2 Å². The number of carbonyl (C=O) groups is 2. The molecular formula is C17H18N2O6. The average Bonchev–Trinajstić information content (AvgIpc) is 3.26. The highest BCUT2D eigenvalue weighted by molar-refractivity contribution is 5.95. The third-order valence-corrected chi connectivity index (χ3v) is 3.76. The monoisotopic (exact) mass is 346 g/mol. The largest absolute Gasteiger partial charge is 0.464 e. The number of amides is 1. The number of carbonyl (C=O) groups excluding carboxylic acids is 2. The summed E-state index contributed by atoms with van der Waals surface area (Å²) >= 11 is 0. The van der Waals surface area contributed by atoms with Gasteiger partial charge in [0.25, 0.3) is 5.91 Å². The number of oxazole rings is 1. The first kappa shape index (κ1) is 16.8. The van der Waals surface area contributed by atoms with Gasteiger partial charge in [-0.3, -0.25) is 4.79 Å². The molecule has 8 nitrogen and oxygen atoms in total. The molecule has 8 heteroatoms. The molecule has 2 heterocycles. The van der Waals surface area contributed by atoms with Gasteiger partial charge in [0, 0.05) is 11.6 Å². The number of nitrogens with zero attached hydrogens (tertiary/aromatic N) is 2. The Morgan fingerprint density at radius 2 is 2.04 bits per heavy atom. The summed E-state index contributed by atoms with van der Waals surface area (Å²) in [6, 6.07) is 4.93. The summed E-state index contributed by atoms with van der Waals surface area (Å²) in [5.74, 6) is 0.615. The van der Waals surface area contributed by atoms with E-state index in [2.05, 4.69) is 9.72 Å². The summed E-state index contributed by atoms with van der Waals surface area (Å²) in [4.78, 5) is 30.0. The summed E-state index contributed by atoms with van der Waals surface area (Å²) in [5.41, 5.74) is 0.537. The van der Waals surface area contributed by atoms with Crippen LogP contribution in [-0.2, 0) is 11.3 Å². The number of esters is 1. The van der Waals surface area contributed by atoms with Crippen LogP contribution in [0.15, 0.2) is 28.9 Å². The van der Waals surface area contributed by atoms with E-state index in [9.17, 15) is 9.59 Å². The lowest BCUT2D eigenvalue weighted by atomic mass is 10.1. The van der Waals surface area contributed by atoms with Crippen LogP contribution in [0.2, 0.25) is 0 Å². The summed E-state index contributed by atoms with van der Waals surface area (Å²) in [6.45, 7) is 4.04. The van der Waals surface area contributed by atoms with Crippen LogP contribution in [0, 0.1) is 0 Å². The lowest BCUT2D eigenvalue weighted by molar-refractivity contribution is 0.0593. The number of hydrogen-bond acceptors (Lipinski definition) is 7. The maximum atomic E-state index is 12.9. The Hall–Kier alpha value is -3.03. The van der Waals surface area contributed by atoms with Crippen molar-refractivity contribution in [3.05, 3.63) is 41.6 Å². The second kappa shape index (κ2) is 6.84. The van der Waals surface area contributed by atoms with Gasteiger partial charge >= 0.3 is 5.97 Å². The van der Waals surface area contributed by atoms with Gasteiger partial charge in [0.2, 0.25) is 12.7 Å². The first-order valence-electron chi connectivity index (χ1n) is 7.73. The predicted octanol–water partition coefficient (Wildman–Crippen LogP) is 2.24. The van der Waals surface area contributed by atoms with E-state index in [1.165, 1.54) is 13.4 Å². The molecule has 0 N–H and O–H groups in total. The quantitative estimate of drug-likeness (QED) is 0.767. The first-order chi connectivity index (χ1) is 12.0. The second-order valence-corrected chi connectivity index (χ2v) is 5.71. The fourth-order valence-corrected chi connectivity index (χ4v) is 2.41. The summed E-state index contributed by atoms with van der Waals surface area (Å²) in [5, 5.41) is 0. The average molecular weight is 346 g/mol. The van der Waals surface area contributed by atoms with Crippen molar-refractivity contribution in [2.45, 2.75) is 26.4 Å². The van der Waals surface area contributed by atoms with Crippen molar-refractivity contribution in [2.75, 3.05) is 13.9 Å². The molecule has 0 spiro atoms. The molecule has 0 radical (unpaired) electrons. The van der Waals surface area contributed by atoms with Crippen LogP contribution < -0.4 is 9.47 Å². The number of rotatable bonds is 5. The van der Waals surface area contributed by atoms with Crippen LogP contribution in [-0.4, -0.2) is 41.7 Å². The van der Waals surface area contributed by atoms with Crippen molar-refractivity contribution in [2.24, 2.45) is 0 Å². The first-order valence-corrected chi connectivity index (χ1v) is 7.73. The molecule has 132 valence electrons. The van der Waals surface area contributed by atoms with Crippen molar-refractivity contribution in [3.8, 4) is 11.5 Å². The molecule has 2 aromatic rings. The second-order valence-electron chi connectivity index (χ2n) is 5.71. The minimum Gasteiger partial charge on any atom is -0.464 e. The Labute approximate surface area is 144 Å². The molecule has 0 bridgehead atoms. The predicted molar refractivity (Wildman–Crippen MR) is 85.4 cm³/mol. The third kappa shape index (κ3) is 3.42. The topological polar surface area (TPSA) is 91.1 Å². The molecule has 1 aromatic heterocycles. The number of fused-ring (bicyclic) bond motifs is 1. The zero-order valence-corrected chi connectivity index (χ0v) is 14.1. The van der Waals surface area contributed by atoms with E-state index in [4.69, 9.17) is 13.9 Å². The summed E-state index contributed by atoms with van der Waals surface area (Å²) < 4.78 is 20.4. The lowest BCUT2D eigenvalue weighted by Crippen LogP contribution is -2.36. The minimum atomic E-state index is -0.590. The van der Waals surface area contributed by atoms with E-state index in [0.29, 0.717) is 17.1 Å². The van der Waals surface area contributed by atoms with Gasteiger partial charge in [-0.15, -0.1) is 0 Å². The van der Waals surface area contributed by atoms with Gasteiger partial charge in [-0.05, 0) is 32.0 Å². The molecule has 0 saturated heterocycles.